The van der Waals surface area contributed by atoms with Crippen molar-refractivity contribution in [3.05, 3.63) is 45.4 Å². The molecule has 1 aromatic heterocycles. The van der Waals surface area contributed by atoms with Crippen LogP contribution in [-0.2, 0) is 16.0 Å². The van der Waals surface area contributed by atoms with Gasteiger partial charge in [-0.3, -0.25) is 10.2 Å². The maximum Gasteiger partial charge on any atom is 0.336 e. The van der Waals surface area contributed by atoms with Crippen molar-refractivity contribution in [2.75, 3.05) is 12.0 Å². The van der Waals surface area contributed by atoms with Gasteiger partial charge in [0, 0.05) is 10.9 Å². The molecule has 2 rings (SSSR count). The van der Waals surface area contributed by atoms with Crippen LogP contribution in [0.25, 0.3) is 0 Å². The van der Waals surface area contributed by atoms with Crippen LogP contribution < -0.4 is 5.43 Å². The average molecular weight is 368 g/mol. The minimum Gasteiger partial charge on any atom is -0.478 e. The molecule has 0 radical (unpaired) electrons. The summed E-state index contributed by atoms with van der Waals surface area (Å²) in [5, 5.41) is 15.6. The number of carboxylic acids is 1. The number of nitrogens with one attached hydrogen (secondary N) is 1. The molecule has 7 nitrogen and oxygen atoms in total. The highest BCUT2D eigenvalue weighted by molar-refractivity contribution is 7.13. The number of rotatable bonds is 7. The summed E-state index contributed by atoms with van der Waals surface area (Å²) in [7, 11) is 0. The Bertz CT molecular complexity index is 776. The predicted molar refractivity (Wildman–Crippen MR) is 92.1 cm³/mol. The van der Waals surface area contributed by atoms with Crippen molar-refractivity contribution in [2.45, 2.75) is 13.3 Å². The smallest absolute Gasteiger partial charge is 0.336 e. The number of carbonyl (C=O) groups excluding carboxylic acids is 1. The summed E-state index contributed by atoms with van der Waals surface area (Å²) < 4.78 is 4.85. The Hall–Kier alpha value is -2.45. The van der Waals surface area contributed by atoms with E-state index in [1.165, 1.54) is 23.6 Å². The third-order valence-electron chi connectivity index (χ3n) is 2.82. The van der Waals surface area contributed by atoms with E-state index in [0.717, 1.165) is 0 Å². The van der Waals surface area contributed by atoms with E-state index < -0.39 is 5.97 Å². The zero-order chi connectivity index (χ0) is 17.5. The highest BCUT2D eigenvalue weighted by Crippen LogP contribution is 2.19. The van der Waals surface area contributed by atoms with Crippen molar-refractivity contribution in [3.8, 4) is 0 Å². The van der Waals surface area contributed by atoms with Gasteiger partial charge in [-0.25, -0.2) is 9.78 Å². The molecule has 24 heavy (non-hydrogen) atoms. The number of esters is 1. The molecule has 0 saturated carbocycles. The lowest BCUT2D eigenvalue weighted by atomic mass is 10.1. The molecule has 2 aromatic rings. The van der Waals surface area contributed by atoms with Gasteiger partial charge in [0.1, 0.15) is 0 Å². The Labute approximate surface area is 146 Å². The van der Waals surface area contributed by atoms with Crippen molar-refractivity contribution < 1.29 is 19.4 Å². The fourth-order valence-corrected chi connectivity index (χ4v) is 2.69. The fraction of sp³-hybridized carbons (Fsp3) is 0.200. The summed E-state index contributed by atoms with van der Waals surface area (Å²) in [5.74, 6) is -1.44. The molecular weight excluding hydrogens is 354 g/mol. The van der Waals surface area contributed by atoms with Crippen LogP contribution in [0.3, 0.4) is 0 Å². The monoisotopic (exact) mass is 367 g/mol. The Morgan fingerprint density at radius 1 is 1.50 bits per heavy atom. The second-order valence-corrected chi connectivity index (χ2v) is 5.77. The molecule has 0 aliphatic carbocycles. The van der Waals surface area contributed by atoms with E-state index in [0.29, 0.717) is 23.0 Å². The van der Waals surface area contributed by atoms with E-state index in [2.05, 4.69) is 15.5 Å². The molecule has 0 fully saturated rings. The number of thiazole rings is 1. The summed E-state index contributed by atoms with van der Waals surface area (Å²) in [6.07, 6.45) is 1.40. The van der Waals surface area contributed by atoms with Crippen molar-refractivity contribution in [2.24, 2.45) is 5.10 Å². The van der Waals surface area contributed by atoms with Gasteiger partial charge in [-0.2, -0.15) is 5.10 Å². The summed E-state index contributed by atoms with van der Waals surface area (Å²) in [5.41, 5.74) is 3.60. The second-order valence-electron chi connectivity index (χ2n) is 4.50. The summed E-state index contributed by atoms with van der Waals surface area (Å²) >= 11 is 7.27. The topological polar surface area (TPSA) is 101 Å². The van der Waals surface area contributed by atoms with Crippen LogP contribution in [0.1, 0.15) is 28.5 Å². The maximum absolute atomic E-state index is 11.4. The number of halogens is 1. The van der Waals surface area contributed by atoms with Crippen molar-refractivity contribution in [1.29, 1.82) is 0 Å². The first-order valence-electron chi connectivity index (χ1n) is 6.92. The van der Waals surface area contributed by atoms with Crippen molar-refractivity contribution >= 4 is 46.2 Å². The number of benzene rings is 1. The highest BCUT2D eigenvalue weighted by Gasteiger charge is 2.11. The second kappa shape index (κ2) is 8.42. The van der Waals surface area contributed by atoms with E-state index in [1.54, 1.807) is 24.4 Å². The standard InChI is InChI=1S/C15H14ClN3O4S/c1-2-23-13(20)6-9-8-24-15(18-9)19-17-7-11-10(14(21)22)4-3-5-12(11)16/h3-5,7-8H,2,6H2,1H3,(H,18,19)(H,21,22). The van der Waals surface area contributed by atoms with Crippen LogP contribution >= 0.6 is 22.9 Å². The van der Waals surface area contributed by atoms with Gasteiger partial charge in [-0.05, 0) is 19.1 Å². The first kappa shape index (κ1) is 17.9. The van der Waals surface area contributed by atoms with Gasteiger partial charge in [0.15, 0.2) is 0 Å². The number of ether oxygens (including phenoxy) is 1. The fourth-order valence-electron chi connectivity index (χ4n) is 1.81. The molecule has 0 aliphatic heterocycles. The zero-order valence-electron chi connectivity index (χ0n) is 12.7. The summed E-state index contributed by atoms with van der Waals surface area (Å²) in [6.45, 7) is 2.06. The Morgan fingerprint density at radius 2 is 2.29 bits per heavy atom. The molecule has 126 valence electrons. The van der Waals surface area contributed by atoms with Gasteiger partial charge in [-0.15, -0.1) is 11.3 Å². The van der Waals surface area contributed by atoms with E-state index in [9.17, 15) is 9.59 Å². The predicted octanol–water partition coefficient (Wildman–Crippen LogP) is 3.05. The Balaban J connectivity index is 2.04. The number of hydrazone groups is 1. The van der Waals surface area contributed by atoms with E-state index in [4.69, 9.17) is 21.4 Å². The Morgan fingerprint density at radius 3 is 3.00 bits per heavy atom. The molecule has 0 unspecified atom stereocenters. The lowest BCUT2D eigenvalue weighted by Crippen LogP contribution is -2.07. The van der Waals surface area contributed by atoms with Crippen molar-refractivity contribution in [3.63, 3.8) is 0 Å². The van der Waals surface area contributed by atoms with Crippen LogP contribution in [0.5, 0.6) is 0 Å². The minimum atomic E-state index is -1.09. The number of aromatic carboxylic acids is 1. The quantitative estimate of drug-likeness (QED) is 0.443. The number of carboxylic acid groups (broad SMARTS) is 1. The molecule has 0 amide bonds. The number of nitrogens with zero attached hydrogens (tertiary/aromatic N) is 2. The molecule has 0 aliphatic rings. The van der Waals surface area contributed by atoms with Crippen LogP contribution in [-0.4, -0.2) is 34.9 Å². The molecule has 0 bridgehead atoms. The lowest BCUT2D eigenvalue weighted by molar-refractivity contribution is -0.142. The largest absolute Gasteiger partial charge is 0.478 e. The van der Waals surface area contributed by atoms with Crippen LogP contribution in [0.2, 0.25) is 5.02 Å². The third kappa shape index (κ3) is 4.77. The van der Waals surface area contributed by atoms with Crippen LogP contribution in [0.15, 0.2) is 28.7 Å². The molecule has 1 heterocycles. The van der Waals surface area contributed by atoms with Crippen LogP contribution in [0.4, 0.5) is 5.13 Å². The summed E-state index contributed by atoms with van der Waals surface area (Å²) in [4.78, 5) is 26.7. The van der Waals surface area contributed by atoms with Gasteiger partial charge in [0.25, 0.3) is 0 Å². The van der Waals surface area contributed by atoms with E-state index in [1.807, 2.05) is 0 Å². The van der Waals surface area contributed by atoms with E-state index in [-0.39, 0.29) is 23.0 Å². The minimum absolute atomic E-state index is 0.0511. The lowest BCUT2D eigenvalue weighted by Gasteiger charge is -2.02. The number of anilines is 1. The molecule has 2 N–H and O–H groups in total. The van der Waals surface area contributed by atoms with Gasteiger partial charge in [-0.1, -0.05) is 17.7 Å². The zero-order valence-corrected chi connectivity index (χ0v) is 14.2. The first-order valence-corrected chi connectivity index (χ1v) is 8.18. The van der Waals surface area contributed by atoms with E-state index >= 15 is 0 Å². The SMILES string of the molecule is CCOC(=O)Cc1csc(NN=Cc2c(Cl)cccc2C(=O)O)n1. The van der Waals surface area contributed by atoms with Gasteiger partial charge < -0.3 is 9.84 Å². The third-order valence-corrected chi connectivity index (χ3v) is 3.95. The van der Waals surface area contributed by atoms with Crippen molar-refractivity contribution in [1.82, 2.24) is 4.98 Å². The molecule has 0 spiro atoms. The normalized spacial score (nSPS) is 10.8. The van der Waals surface area contributed by atoms with Gasteiger partial charge >= 0.3 is 11.9 Å². The highest BCUT2D eigenvalue weighted by atomic mass is 35.5. The summed E-state index contributed by atoms with van der Waals surface area (Å²) in [6, 6.07) is 4.58. The number of carbonyl (C=O) groups is 2. The molecule has 9 heteroatoms. The maximum atomic E-state index is 11.4. The number of hydrogen-bond acceptors (Lipinski definition) is 7. The van der Waals surface area contributed by atoms with Gasteiger partial charge in [0.2, 0.25) is 5.13 Å². The molecule has 0 saturated heterocycles. The average Bonchev–Trinajstić information content (AvgIpc) is 2.96. The molecular formula is C15H14ClN3O4S. The first-order chi connectivity index (χ1) is 11.5. The molecule has 1 aromatic carbocycles. The van der Waals surface area contributed by atoms with Crippen LogP contribution in [0, 0.1) is 0 Å². The van der Waals surface area contributed by atoms with Gasteiger partial charge in [0.05, 0.1) is 35.5 Å². The number of hydrogen-bond donors (Lipinski definition) is 2. The Kier molecular flexibility index (Phi) is 6.28. The molecule has 0 atom stereocenters. The number of aromatic nitrogens is 1.